The van der Waals surface area contributed by atoms with Crippen LogP contribution in [-0.2, 0) is 6.18 Å². The van der Waals surface area contributed by atoms with Gasteiger partial charge in [-0.15, -0.1) is 0 Å². The molecule has 3 heterocycles. The molecule has 2 aromatic heterocycles. The Morgan fingerprint density at radius 3 is 2.45 bits per heavy atom. The van der Waals surface area contributed by atoms with Crippen LogP contribution < -0.4 is 9.64 Å². The van der Waals surface area contributed by atoms with E-state index in [1.165, 1.54) is 6.07 Å². The van der Waals surface area contributed by atoms with Gasteiger partial charge in [-0.1, -0.05) is 0 Å². The van der Waals surface area contributed by atoms with E-state index in [0.717, 1.165) is 24.7 Å². The smallest absolute Gasteiger partial charge is 0.433 e. The highest BCUT2D eigenvalue weighted by Gasteiger charge is 2.34. The Kier molecular flexibility index (Phi) is 3.55. The number of alkyl halides is 3. The second-order valence-electron chi connectivity index (χ2n) is 4.72. The summed E-state index contributed by atoms with van der Waals surface area (Å²) < 4.78 is 55.8. The maximum absolute atomic E-state index is 12.7. The molecule has 0 N–H and O–H groups in total. The molecule has 0 radical (unpaired) electrons. The largest absolute Gasteiger partial charge is 0.487 e. The lowest BCUT2D eigenvalue weighted by Gasteiger charge is -2.38. The molecular formula is C13H10F4N4O. The van der Waals surface area contributed by atoms with Crippen molar-refractivity contribution in [3.8, 4) is 5.75 Å². The van der Waals surface area contributed by atoms with Crippen LogP contribution in [0.2, 0.25) is 0 Å². The van der Waals surface area contributed by atoms with Gasteiger partial charge in [0.1, 0.15) is 17.5 Å². The molecule has 0 atom stereocenters. The molecule has 22 heavy (non-hydrogen) atoms. The SMILES string of the molecule is Fc1cnc(N2CC(Oc3ccnc(C(F)(F)F)c3)C2)nc1. The van der Waals surface area contributed by atoms with Crippen molar-refractivity contribution in [3.05, 3.63) is 42.2 Å². The second kappa shape index (κ2) is 5.39. The first-order valence-electron chi connectivity index (χ1n) is 6.34. The van der Waals surface area contributed by atoms with Crippen LogP contribution in [0.1, 0.15) is 5.69 Å². The highest BCUT2D eigenvalue weighted by Crippen LogP contribution is 2.30. The Morgan fingerprint density at radius 2 is 1.82 bits per heavy atom. The molecule has 0 spiro atoms. The summed E-state index contributed by atoms with van der Waals surface area (Å²) in [6.07, 6.45) is -1.63. The molecule has 0 unspecified atom stereocenters. The lowest BCUT2D eigenvalue weighted by Crippen LogP contribution is -2.54. The molecule has 1 saturated heterocycles. The summed E-state index contributed by atoms with van der Waals surface area (Å²) in [4.78, 5) is 12.6. The Balaban J connectivity index is 1.59. The first-order valence-corrected chi connectivity index (χ1v) is 6.34. The number of hydrogen-bond acceptors (Lipinski definition) is 5. The Labute approximate surface area is 122 Å². The average molecular weight is 314 g/mol. The van der Waals surface area contributed by atoms with Crippen molar-refractivity contribution in [1.82, 2.24) is 15.0 Å². The average Bonchev–Trinajstić information content (AvgIpc) is 2.43. The van der Waals surface area contributed by atoms with E-state index in [9.17, 15) is 17.6 Å². The van der Waals surface area contributed by atoms with Gasteiger partial charge in [-0.25, -0.2) is 14.4 Å². The number of halogens is 4. The Morgan fingerprint density at radius 1 is 1.14 bits per heavy atom. The Hall–Kier alpha value is -2.45. The van der Waals surface area contributed by atoms with Crippen LogP contribution in [0.15, 0.2) is 30.7 Å². The molecule has 0 amide bonds. The van der Waals surface area contributed by atoms with Gasteiger partial charge < -0.3 is 9.64 Å². The minimum absolute atomic E-state index is 0.104. The first kappa shape index (κ1) is 14.5. The summed E-state index contributed by atoms with van der Waals surface area (Å²) in [5.74, 6) is -0.0764. The quantitative estimate of drug-likeness (QED) is 0.814. The van der Waals surface area contributed by atoms with Crippen molar-refractivity contribution in [2.75, 3.05) is 18.0 Å². The van der Waals surface area contributed by atoms with E-state index in [1.54, 1.807) is 4.90 Å². The minimum Gasteiger partial charge on any atom is -0.487 e. The van der Waals surface area contributed by atoms with Gasteiger partial charge in [-0.3, -0.25) is 4.98 Å². The zero-order valence-corrected chi connectivity index (χ0v) is 11.1. The minimum atomic E-state index is -4.51. The van der Waals surface area contributed by atoms with Crippen LogP contribution in [0.3, 0.4) is 0 Å². The van der Waals surface area contributed by atoms with E-state index in [-0.39, 0.29) is 11.9 Å². The molecule has 1 fully saturated rings. The predicted octanol–water partition coefficient (Wildman–Crippen LogP) is 2.30. The van der Waals surface area contributed by atoms with E-state index in [2.05, 4.69) is 15.0 Å². The first-order chi connectivity index (χ1) is 10.4. The molecule has 0 saturated carbocycles. The molecule has 0 bridgehead atoms. The van der Waals surface area contributed by atoms with E-state index >= 15 is 0 Å². The number of rotatable bonds is 3. The topological polar surface area (TPSA) is 51.1 Å². The van der Waals surface area contributed by atoms with Crippen LogP contribution in [0, 0.1) is 5.82 Å². The van der Waals surface area contributed by atoms with E-state index in [4.69, 9.17) is 4.74 Å². The summed E-state index contributed by atoms with van der Waals surface area (Å²) in [6, 6.07) is 2.23. The molecule has 1 aliphatic heterocycles. The van der Waals surface area contributed by atoms with Gasteiger partial charge in [-0.2, -0.15) is 13.2 Å². The van der Waals surface area contributed by atoms with Gasteiger partial charge in [0.2, 0.25) is 5.95 Å². The maximum Gasteiger partial charge on any atom is 0.433 e. The third kappa shape index (κ3) is 3.07. The van der Waals surface area contributed by atoms with Crippen molar-refractivity contribution >= 4 is 5.95 Å². The normalized spacial score (nSPS) is 15.5. The van der Waals surface area contributed by atoms with Crippen LogP contribution in [0.5, 0.6) is 5.75 Å². The second-order valence-corrected chi connectivity index (χ2v) is 4.72. The predicted molar refractivity (Wildman–Crippen MR) is 67.9 cm³/mol. The van der Waals surface area contributed by atoms with Crippen molar-refractivity contribution in [2.45, 2.75) is 12.3 Å². The van der Waals surface area contributed by atoms with Gasteiger partial charge in [0.05, 0.1) is 25.5 Å². The number of aromatic nitrogens is 3. The third-order valence-corrected chi connectivity index (χ3v) is 3.06. The molecule has 1 aliphatic rings. The summed E-state index contributed by atoms with van der Waals surface area (Å²) in [6.45, 7) is 0.824. The summed E-state index contributed by atoms with van der Waals surface area (Å²) >= 11 is 0. The molecule has 5 nitrogen and oxygen atoms in total. The van der Waals surface area contributed by atoms with Crippen molar-refractivity contribution in [3.63, 3.8) is 0 Å². The monoisotopic (exact) mass is 314 g/mol. The number of nitrogens with zero attached hydrogens (tertiary/aromatic N) is 4. The summed E-state index contributed by atoms with van der Waals surface area (Å²) in [7, 11) is 0. The Bertz CT molecular complexity index is 656. The van der Waals surface area contributed by atoms with Crippen LogP contribution in [-0.4, -0.2) is 34.1 Å². The summed E-state index contributed by atoms with van der Waals surface area (Å²) in [5, 5.41) is 0. The van der Waals surface area contributed by atoms with E-state index < -0.39 is 17.7 Å². The fourth-order valence-corrected chi connectivity index (χ4v) is 1.98. The standard InChI is InChI=1S/C13H10F4N4O/c14-8-4-19-12(20-5-8)21-6-10(7-21)22-9-1-2-18-11(3-9)13(15,16)17/h1-5,10H,6-7H2. The zero-order chi connectivity index (χ0) is 15.7. The van der Waals surface area contributed by atoms with Crippen LogP contribution in [0.25, 0.3) is 0 Å². The van der Waals surface area contributed by atoms with Gasteiger partial charge in [0.25, 0.3) is 0 Å². The van der Waals surface area contributed by atoms with Crippen LogP contribution in [0.4, 0.5) is 23.5 Å². The van der Waals surface area contributed by atoms with Gasteiger partial charge in [-0.05, 0) is 6.07 Å². The highest BCUT2D eigenvalue weighted by molar-refractivity contribution is 5.35. The van der Waals surface area contributed by atoms with Gasteiger partial charge >= 0.3 is 6.18 Å². The maximum atomic E-state index is 12.7. The number of anilines is 1. The summed E-state index contributed by atoms with van der Waals surface area (Å²) in [5.41, 5.74) is -0.997. The third-order valence-electron chi connectivity index (χ3n) is 3.06. The van der Waals surface area contributed by atoms with Gasteiger partial charge in [0, 0.05) is 12.3 Å². The fourth-order valence-electron chi connectivity index (χ4n) is 1.98. The lowest BCUT2D eigenvalue weighted by molar-refractivity contribution is -0.141. The number of pyridine rings is 1. The van der Waals surface area contributed by atoms with E-state index in [0.29, 0.717) is 19.0 Å². The molecule has 3 rings (SSSR count). The molecular weight excluding hydrogens is 304 g/mol. The van der Waals surface area contributed by atoms with Crippen molar-refractivity contribution in [1.29, 1.82) is 0 Å². The van der Waals surface area contributed by atoms with Crippen molar-refractivity contribution < 1.29 is 22.3 Å². The van der Waals surface area contributed by atoms with Gasteiger partial charge in [0.15, 0.2) is 5.82 Å². The molecule has 116 valence electrons. The lowest BCUT2D eigenvalue weighted by atomic mass is 10.2. The van der Waals surface area contributed by atoms with Crippen LogP contribution >= 0.6 is 0 Å². The molecule has 9 heteroatoms. The number of hydrogen-bond donors (Lipinski definition) is 0. The molecule has 2 aromatic rings. The fraction of sp³-hybridized carbons (Fsp3) is 0.308. The number of ether oxygens (including phenoxy) is 1. The molecule has 0 aromatic carbocycles. The van der Waals surface area contributed by atoms with Crippen molar-refractivity contribution in [2.24, 2.45) is 0 Å². The highest BCUT2D eigenvalue weighted by atomic mass is 19.4. The molecule has 0 aliphatic carbocycles. The van der Waals surface area contributed by atoms with E-state index in [1.807, 2.05) is 0 Å². The zero-order valence-electron chi connectivity index (χ0n) is 11.1.